The van der Waals surface area contributed by atoms with Crippen molar-refractivity contribution in [2.75, 3.05) is 6.54 Å². The number of hydrogen-bond acceptors (Lipinski definition) is 3. The first-order valence-electron chi connectivity index (χ1n) is 7.00. The van der Waals surface area contributed by atoms with Crippen LogP contribution in [0.4, 0.5) is 0 Å². The van der Waals surface area contributed by atoms with Crippen LogP contribution in [0.15, 0.2) is 22.9 Å². The molecule has 20 heavy (non-hydrogen) atoms. The summed E-state index contributed by atoms with van der Waals surface area (Å²) < 4.78 is 4.90. The second-order valence-corrected chi connectivity index (χ2v) is 6.07. The van der Waals surface area contributed by atoms with Crippen LogP contribution in [0.5, 0.6) is 0 Å². The predicted octanol–water partition coefficient (Wildman–Crippen LogP) is 3.05. The standard InChI is InChI=1S/C14H22BrN5/c1-5-7-16-13(12-6-8-19(4)18-12)14-11(15)9-17-20(14)10(2)3/h6,8-10,13,16H,5,7H2,1-4H3. The maximum absolute atomic E-state index is 4.55. The van der Waals surface area contributed by atoms with E-state index in [1.807, 2.05) is 28.8 Å². The lowest BCUT2D eigenvalue weighted by molar-refractivity contribution is 0.465. The van der Waals surface area contributed by atoms with E-state index >= 15 is 0 Å². The highest BCUT2D eigenvalue weighted by atomic mass is 79.9. The van der Waals surface area contributed by atoms with Gasteiger partial charge < -0.3 is 5.32 Å². The SMILES string of the molecule is CCCNC(c1ccn(C)n1)c1c(Br)cnn1C(C)C. The first-order valence-corrected chi connectivity index (χ1v) is 7.79. The van der Waals surface area contributed by atoms with Gasteiger partial charge >= 0.3 is 0 Å². The molecule has 1 N–H and O–H groups in total. The number of nitrogens with zero attached hydrogens (tertiary/aromatic N) is 4. The fourth-order valence-electron chi connectivity index (χ4n) is 2.25. The van der Waals surface area contributed by atoms with Crippen LogP contribution in [-0.4, -0.2) is 26.1 Å². The van der Waals surface area contributed by atoms with Gasteiger partial charge in [0.15, 0.2) is 0 Å². The third-order valence-electron chi connectivity index (χ3n) is 3.18. The number of halogens is 1. The minimum absolute atomic E-state index is 0.0513. The Bertz CT molecular complexity index is 558. The van der Waals surface area contributed by atoms with Gasteiger partial charge in [0, 0.05) is 19.3 Å². The minimum atomic E-state index is 0.0513. The van der Waals surface area contributed by atoms with Crippen LogP contribution >= 0.6 is 15.9 Å². The molecule has 2 heterocycles. The van der Waals surface area contributed by atoms with E-state index in [1.165, 1.54) is 0 Å². The van der Waals surface area contributed by atoms with Crippen LogP contribution in [0.3, 0.4) is 0 Å². The molecule has 0 radical (unpaired) electrons. The Balaban J connectivity index is 2.43. The van der Waals surface area contributed by atoms with E-state index < -0.39 is 0 Å². The average molecular weight is 340 g/mol. The highest BCUT2D eigenvalue weighted by molar-refractivity contribution is 9.10. The Kier molecular flexibility index (Phi) is 4.99. The Labute approximate surface area is 128 Å². The molecule has 0 fully saturated rings. The molecule has 0 spiro atoms. The van der Waals surface area contributed by atoms with E-state index in [-0.39, 0.29) is 6.04 Å². The van der Waals surface area contributed by atoms with Crippen molar-refractivity contribution in [1.29, 1.82) is 0 Å². The average Bonchev–Trinajstić information content (AvgIpc) is 2.98. The summed E-state index contributed by atoms with van der Waals surface area (Å²) in [5, 5.41) is 12.6. The van der Waals surface area contributed by atoms with Gasteiger partial charge in [0.1, 0.15) is 0 Å². The molecular formula is C14H22BrN5. The van der Waals surface area contributed by atoms with E-state index in [0.29, 0.717) is 6.04 Å². The fourth-order valence-corrected chi connectivity index (χ4v) is 2.75. The minimum Gasteiger partial charge on any atom is -0.304 e. The van der Waals surface area contributed by atoms with Crippen molar-refractivity contribution in [3.8, 4) is 0 Å². The van der Waals surface area contributed by atoms with Gasteiger partial charge in [0.05, 0.1) is 28.1 Å². The Morgan fingerprint density at radius 3 is 2.70 bits per heavy atom. The van der Waals surface area contributed by atoms with Crippen molar-refractivity contribution in [3.05, 3.63) is 34.3 Å². The lowest BCUT2D eigenvalue weighted by Crippen LogP contribution is -2.27. The molecular weight excluding hydrogens is 318 g/mol. The van der Waals surface area contributed by atoms with Crippen molar-refractivity contribution in [1.82, 2.24) is 24.9 Å². The molecule has 6 heteroatoms. The zero-order valence-corrected chi connectivity index (χ0v) is 14.1. The van der Waals surface area contributed by atoms with E-state index in [0.717, 1.165) is 28.8 Å². The van der Waals surface area contributed by atoms with Gasteiger partial charge in [-0.15, -0.1) is 0 Å². The zero-order chi connectivity index (χ0) is 14.7. The highest BCUT2D eigenvalue weighted by Crippen LogP contribution is 2.29. The molecule has 0 amide bonds. The highest BCUT2D eigenvalue weighted by Gasteiger charge is 2.24. The number of aryl methyl sites for hydroxylation is 1. The third-order valence-corrected chi connectivity index (χ3v) is 3.79. The monoisotopic (exact) mass is 339 g/mol. The van der Waals surface area contributed by atoms with E-state index in [1.54, 1.807) is 0 Å². The molecule has 0 bridgehead atoms. The van der Waals surface area contributed by atoms with Crippen LogP contribution < -0.4 is 5.32 Å². The van der Waals surface area contributed by atoms with Gasteiger partial charge in [0.2, 0.25) is 0 Å². The maximum Gasteiger partial charge on any atom is 0.0952 e. The molecule has 2 aromatic heterocycles. The molecule has 0 saturated carbocycles. The normalized spacial score (nSPS) is 13.1. The summed E-state index contributed by atoms with van der Waals surface area (Å²) in [4.78, 5) is 0. The quantitative estimate of drug-likeness (QED) is 0.879. The number of rotatable bonds is 6. The zero-order valence-electron chi connectivity index (χ0n) is 12.5. The lowest BCUT2D eigenvalue weighted by atomic mass is 10.1. The smallest absolute Gasteiger partial charge is 0.0952 e. The van der Waals surface area contributed by atoms with E-state index in [9.17, 15) is 0 Å². The molecule has 0 aliphatic rings. The molecule has 1 atom stereocenters. The molecule has 1 unspecified atom stereocenters. The molecule has 110 valence electrons. The lowest BCUT2D eigenvalue weighted by Gasteiger charge is -2.20. The second kappa shape index (κ2) is 6.54. The molecule has 2 rings (SSSR count). The van der Waals surface area contributed by atoms with Gasteiger partial charge in [-0.3, -0.25) is 9.36 Å². The molecule has 0 aliphatic heterocycles. The van der Waals surface area contributed by atoms with Crippen molar-refractivity contribution < 1.29 is 0 Å². The summed E-state index contributed by atoms with van der Waals surface area (Å²) in [5.74, 6) is 0. The largest absolute Gasteiger partial charge is 0.304 e. The van der Waals surface area contributed by atoms with E-state index in [2.05, 4.69) is 58.3 Å². The third kappa shape index (κ3) is 3.12. The first-order chi connectivity index (χ1) is 9.54. The van der Waals surface area contributed by atoms with Gasteiger partial charge in [0.25, 0.3) is 0 Å². The summed E-state index contributed by atoms with van der Waals surface area (Å²) in [6.07, 6.45) is 4.91. The van der Waals surface area contributed by atoms with Crippen LogP contribution in [-0.2, 0) is 7.05 Å². The number of nitrogens with one attached hydrogen (secondary N) is 1. The van der Waals surface area contributed by atoms with Gasteiger partial charge in [-0.25, -0.2) is 0 Å². The van der Waals surface area contributed by atoms with Crippen molar-refractivity contribution >= 4 is 15.9 Å². The molecule has 5 nitrogen and oxygen atoms in total. The second-order valence-electron chi connectivity index (χ2n) is 5.22. The van der Waals surface area contributed by atoms with Gasteiger partial charge in [-0.2, -0.15) is 10.2 Å². The van der Waals surface area contributed by atoms with Crippen molar-refractivity contribution in [2.24, 2.45) is 7.05 Å². The molecule has 0 aliphatic carbocycles. The summed E-state index contributed by atoms with van der Waals surface area (Å²) in [7, 11) is 1.94. The van der Waals surface area contributed by atoms with Crippen LogP contribution in [0, 0.1) is 0 Å². The molecule has 2 aromatic rings. The van der Waals surface area contributed by atoms with Crippen LogP contribution in [0.2, 0.25) is 0 Å². The van der Waals surface area contributed by atoms with Crippen LogP contribution in [0.25, 0.3) is 0 Å². The van der Waals surface area contributed by atoms with E-state index in [4.69, 9.17) is 0 Å². The number of aromatic nitrogens is 4. The fraction of sp³-hybridized carbons (Fsp3) is 0.571. The summed E-state index contributed by atoms with van der Waals surface area (Å²) in [5.41, 5.74) is 2.15. The van der Waals surface area contributed by atoms with Crippen LogP contribution in [0.1, 0.15) is 50.7 Å². The summed E-state index contributed by atoms with van der Waals surface area (Å²) >= 11 is 3.62. The van der Waals surface area contributed by atoms with Crippen molar-refractivity contribution in [3.63, 3.8) is 0 Å². The summed E-state index contributed by atoms with van der Waals surface area (Å²) in [6.45, 7) is 7.38. The maximum atomic E-state index is 4.55. The van der Waals surface area contributed by atoms with Gasteiger partial charge in [-0.1, -0.05) is 6.92 Å². The predicted molar refractivity (Wildman–Crippen MR) is 83.7 cm³/mol. The Morgan fingerprint density at radius 2 is 2.15 bits per heavy atom. The number of hydrogen-bond donors (Lipinski definition) is 1. The topological polar surface area (TPSA) is 47.7 Å². The Hall–Kier alpha value is -1.14. The Morgan fingerprint density at radius 1 is 1.40 bits per heavy atom. The van der Waals surface area contributed by atoms with Crippen molar-refractivity contribution in [2.45, 2.75) is 39.3 Å². The molecule has 0 aromatic carbocycles. The van der Waals surface area contributed by atoms with Gasteiger partial charge in [-0.05, 0) is 48.8 Å². The summed E-state index contributed by atoms with van der Waals surface area (Å²) in [6, 6.07) is 2.42. The first kappa shape index (κ1) is 15.3. The molecule has 0 saturated heterocycles.